The fourth-order valence-electron chi connectivity index (χ4n) is 0.988. The van der Waals surface area contributed by atoms with E-state index in [1.54, 1.807) is 6.92 Å². The molecule has 0 saturated carbocycles. The summed E-state index contributed by atoms with van der Waals surface area (Å²) in [6.07, 6.45) is -0.566. The molecule has 0 amide bonds. The van der Waals surface area contributed by atoms with Gasteiger partial charge in [-0.25, -0.2) is 0 Å². The van der Waals surface area contributed by atoms with Crippen molar-refractivity contribution in [3.05, 3.63) is 34.9 Å². The summed E-state index contributed by atoms with van der Waals surface area (Å²) in [6.45, 7) is 2.27. The molecular weight excluding hydrogens is 221 g/mol. The van der Waals surface area contributed by atoms with Gasteiger partial charge in [-0.3, -0.25) is 5.32 Å². The topological polar surface area (TPSA) is 32.3 Å². The maximum absolute atomic E-state index is 9.13. The Balaban J connectivity index is 2.42. The Morgan fingerprint density at radius 2 is 1.93 bits per heavy atom. The molecule has 1 rings (SSSR count). The van der Waals surface area contributed by atoms with Crippen LogP contribution >= 0.6 is 23.2 Å². The molecule has 2 atom stereocenters. The van der Waals surface area contributed by atoms with Crippen molar-refractivity contribution < 1.29 is 5.11 Å². The summed E-state index contributed by atoms with van der Waals surface area (Å²) in [4.78, 5) is 0. The van der Waals surface area contributed by atoms with Gasteiger partial charge in [0.1, 0.15) is 5.50 Å². The molecule has 4 heteroatoms. The van der Waals surface area contributed by atoms with Crippen LogP contribution in [0.2, 0.25) is 5.02 Å². The molecule has 14 heavy (non-hydrogen) atoms. The molecule has 0 aliphatic heterocycles. The third-order valence-corrected chi connectivity index (χ3v) is 2.61. The molecule has 0 bridgehead atoms. The number of rotatable bonds is 4. The molecule has 0 fully saturated rings. The second-order valence-corrected chi connectivity index (χ2v) is 4.06. The summed E-state index contributed by atoms with van der Waals surface area (Å²) >= 11 is 11.5. The zero-order chi connectivity index (χ0) is 10.6. The van der Waals surface area contributed by atoms with Crippen LogP contribution in [0.1, 0.15) is 12.5 Å². The standard InChI is InChI=1S/C10H13Cl2NO/c1-7(14)10(12)13-6-8-2-4-9(11)5-3-8/h2-5,7,10,13-14H,6H2,1H3. The lowest BCUT2D eigenvalue weighted by Gasteiger charge is -2.14. The van der Waals surface area contributed by atoms with E-state index in [9.17, 15) is 0 Å². The van der Waals surface area contributed by atoms with Crippen molar-refractivity contribution in [3.8, 4) is 0 Å². The number of hydrogen-bond donors (Lipinski definition) is 2. The SMILES string of the molecule is CC(O)C(Cl)NCc1ccc(Cl)cc1. The Bertz CT molecular complexity index is 274. The molecule has 2 unspecified atom stereocenters. The first-order valence-electron chi connectivity index (χ1n) is 4.39. The quantitative estimate of drug-likeness (QED) is 0.619. The molecule has 0 aliphatic carbocycles. The molecule has 0 saturated heterocycles. The largest absolute Gasteiger partial charge is 0.390 e. The number of benzene rings is 1. The monoisotopic (exact) mass is 233 g/mol. The summed E-state index contributed by atoms with van der Waals surface area (Å²) in [5.74, 6) is 0. The summed E-state index contributed by atoms with van der Waals surface area (Å²) in [5, 5.41) is 12.8. The predicted octanol–water partition coefficient (Wildman–Crippen LogP) is 2.38. The Labute approximate surface area is 93.8 Å². The van der Waals surface area contributed by atoms with Gasteiger partial charge in [-0.2, -0.15) is 0 Å². The van der Waals surface area contributed by atoms with Crippen LogP contribution in [0.4, 0.5) is 0 Å². The molecule has 0 radical (unpaired) electrons. The van der Waals surface area contributed by atoms with Gasteiger partial charge in [0.15, 0.2) is 0 Å². The van der Waals surface area contributed by atoms with Gasteiger partial charge in [-0.15, -0.1) is 11.6 Å². The lowest BCUT2D eigenvalue weighted by atomic mass is 10.2. The summed E-state index contributed by atoms with van der Waals surface area (Å²) in [5.41, 5.74) is 0.659. The minimum absolute atomic E-state index is 0.425. The molecule has 0 spiro atoms. The van der Waals surface area contributed by atoms with Gasteiger partial charge < -0.3 is 5.11 Å². The third kappa shape index (κ3) is 3.84. The van der Waals surface area contributed by atoms with Crippen LogP contribution in [0.15, 0.2) is 24.3 Å². The van der Waals surface area contributed by atoms with E-state index in [1.807, 2.05) is 24.3 Å². The van der Waals surface area contributed by atoms with E-state index in [0.29, 0.717) is 11.6 Å². The first kappa shape index (κ1) is 11.8. The molecule has 0 aromatic heterocycles. The maximum Gasteiger partial charge on any atom is 0.109 e. The minimum Gasteiger partial charge on any atom is -0.390 e. The first-order valence-corrected chi connectivity index (χ1v) is 5.21. The minimum atomic E-state index is -0.566. The van der Waals surface area contributed by atoms with Crippen molar-refractivity contribution in [2.75, 3.05) is 0 Å². The second kappa shape index (κ2) is 5.56. The fourth-order valence-corrected chi connectivity index (χ4v) is 1.19. The Hall–Kier alpha value is -0.280. The summed E-state index contributed by atoms with van der Waals surface area (Å²) in [7, 11) is 0. The van der Waals surface area contributed by atoms with E-state index in [-0.39, 0.29) is 0 Å². The molecule has 78 valence electrons. The molecule has 0 heterocycles. The molecular formula is C10H13Cl2NO. The van der Waals surface area contributed by atoms with Crippen LogP contribution in [0, 0.1) is 0 Å². The van der Waals surface area contributed by atoms with Gasteiger partial charge in [0.2, 0.25) is 0 Å². The molecule has 2 N–H and O–H groups in total. The van der Waals surface area contributed by atoms with E-state index in [0.717, 1.165) is 5.56 Å². The van der Waals surface area contributed by atoms with Gasteiger partial charge in [0.05, 0.1) is 6.10 Å². The lowest BCUT2D eigenvalue weighted by molar-refractivity contribution is 0.176. The van der Waals surface area contributed by atoms with Crippen molar-refractivity contribution in [1.82, 2.24) is 5.32 Å². The Morgan fingerprint density at radius 3 is 2.43 bits per heavy atom. The predicted molar refractivity (Wildman–Crippen MR) is 59.6 cm³/mol. The average molecular weight is 234 g/mol. The molecule has 1 aromatic rings. The van der Waals surface area contributed by atoms with Crippen LogP contribution in [0.3, 0.4) is 0 Å². The van der Waals surface area contributed by atoms with E-state index < -0.39 is 11.6 Å². The van der Waals surface area contributed by atoms with Gasteiger partial charge in [0, 0.05) is 11.6 Å². The van der Waals surface area contributed by atoms with Crippen molar-refractivity contribution in [2.24, 2.45) is 0 Å². The van der Waals surface area contributed by atoms with Crippen molar-refractivity contribution >= 4 is 23.2 Å². The van der Waals surface area contributed by atoms with Crippen molar-refractivity contribution in [3.63, 3.8) is 0 Å². The average Bonchev–Trinajstić information content (AvgIpc) is 2.16. The Kier molecular flexibility index (Phi) is 4.69. The van der Waals surface area contributed by atoms with Crippen LogP contribution in [0.25, 0.3) is 0 Å². The number of aliphatic hydroxyl groups is 1. The molecule has 0 aliphatic rings. The number of aliphatic hydroxyl groups excluding tert-OH is 1. The highest BCUT2D eigenvalue weighted by atomic mass is 35.5. The summed E-state index contributed by atoms with van der Waals surface area (Å²) < 4.78 is 0. The van der Waals surface area contributed by atoms with Gasteiger partial charge in [-0.05, 0) is 24.6 Å². The van der Waals surface area contributed by atoms with Gasteiger partial charge in [0.25, 0.3) is 0 Å². The van der Waals surface area contributed by atoms with Crippen LogP contribution < -0.4 is 5.32 Å². The smallest absolute Gasteiger partial charge is 0.109 e. The van der Waals surface area contributed by atoms with Gasteiger partial charge >= 0.3 is 0 Å². The third-order valence-electron chi connectivity index (χ3n) is 1.84. The highest BCUT2D eigenvalue weighted by Gasteiger charge is 2.09. The summed E-state index contributed by atoms with van der Waals surface area (Å²) in [6, 6.07) is 7.48. The molecule has 1 aromatic carbocycles. The second-order valence-electron chi connectivity index (χ2n) is 3.15. The van der Waals surface area contributed by atoms with Crippen molar-refractivity contribution in [2.45, 2.75) is 25.1 Å². The van der Waals surface area contributed by atoms with E-state index >= 15 is 0 Å². The van der Waals surface area contributed by atoms with E-state index in [1.165, 1.54) is 0 Å². The first-order chi connectivity index (χ1) is 6.59. The van der Waals surface area contributed by atoms with Gasteiger partial charge in [-0.1, -0.05) is 23.7 Å². The molecule has 2 nitrogen and oxygen atoms in total. The zero-order valence-corrected chi connectivity index (χ0v) is 9.39. The number of hydrogen-bond acceptors (Lipinski definition) is 2. The van der Waals surface area contributed by atoms with Crippen molar-refractivity contribution in [1.29, 1.82) is 0 Å². The fraction of sp³-hybridized carbons (Fsp3) is 0.400. The van der Waals surface area contributed by atoms with Crippen LogP contribution in [0.5, 0.6) is 0 Å². The lowest BCUT2D eigenvalue weighted by Crippen LogP contribution is -2.32. The normalized spacial score (nSPS) is 15.1. The van der Waals surface area contributed by atoms with E-state index in [2.05, 4.69) is 5.32 Å². The van der Waals surface area contributed by atoms with E-state index in [4.69, 9.17) is 28.3 Å². The zero-order valence-electron chi connectivity index (χ0n) is 7.87. The van der Waals surface area contributed by atoms with Crippen LogP contribution in [-0.2, 0) is 6.54 Å². The number of halogens is 2. The highest BCUT2D eigenvalue weighted by molar-refractivity contribution is 6.30. The highest BCUT2D eigenvalue weighted by Crippen LogP contribution is 2.10. The van der Waals surface area contributed by atoms with Crippen LogP contribution in [-0.4, -0.2) is 16.7 Å². The number of nitrogens with one attached hydrogen (secondary N) is 1. The maximum atomic E-state index is 9.13. The Morgan fingerprint density at radius 1 is 1.36 bits per heavy atom. The number of alkyl halides is 1.